The Kier molecular flexibility index (Phi) is 3.46. The van der Waals surface area contributed by atoms with Crippen LogP contribution in [0, 0.1) is 0 Å². The predicted molar refractivity (Wildman–Crippen MR) is 52.1 cm³/mol. The van der Waals surface area contributed by atoms with Gasteiger partial charge in [-0.25, -0.2) is 0 Å². The zero-order valence-corrected chi connectivity index (χ0v) is 7.52. The third-order valence-electron chi connectivity index (χ3n) is 1.21. The Labute approximate surface area is 76.5 Å². The zero-order chi connectivity index (χ0) is 8.10. The van der Waals surface area contributed by atoms with Crippen molar-refractivity contribution in [3.63, 3.8) is 0 Å². The molecule has 11 heavy (non-hydrogen) atoms. The minimum Gasteiger partial charge on any atom is -0.263 e. The van der Waals surface area contributed by atoms with Crippen molar-refractivity contribution in [2.45, 2.75) is 0 Å². The molecule has 0 N–H and O–H groups in total. The molecule has 0 amide bonds. The molecule has 1 aromatic heterocycles. The maximum Gasteiger partial charge on any atom is 0.0661 e. The van der Waals surface area contributed by atoms with Gasteiger partial charge in [-0.15, -0.1) is 0 Å². The summed E-state index contributed by atoms with van der Waals surface area (Å²) in [5.74, 6) is 0.721. The molecule has 3 heteroatoms. The minimum atomic E-state index is 0.672. The van der Waals surface area contributed by atoms with Crippen molar-refractivity contribution in [2.75, 3.05) is 5.75 Å². The lowest BCUT2D eigenvalue weighted by Gasteiger charge is -1.93. The van der Waals surface area contributed by atoms with Crippen LogP contribution in [0.25, 0.3) is 6.08 Å². The third kappa shape index (κ3) is 2.56. The molecular weight excluding hydrogens is 178 g/mol. The van der Waals surface area contributed by atoms with Crippen LogP contribution < -0.4 is 0 Å². The average molecular weight is 186 g/mol. The molecule has 0 aliphatic rings. The van der Waals surface area contributed by atoms with E-state index in [2.05, 4.69) is 17.6 Å². The molecule has 0 aliphatic carbocycles. The van der Waals surface area contributed by atoms with E-state index < -0.39 is 0 Å². The van der Waals surface area contributed by atoms with Gasteiger partial charge in [0.25, 0.3) is 0 Å². The normalized spacial score (nSPS) is 10.7. The molecule has 1 nitrogen and oxygen atoms in total. The first kappa shape index (κ1) is 8.62. The highest BCUT2D eigenvalue weighted by atomic mass is 35.5. The number of aromatic nitrogens is 1. The Hall–Kier alpha value is -0.470. The van der Waals surface area contributed by atoms with Crippen molar-refractivity contribution < 1.29 is 0 Å². The van der Waals surface area contributed by atoms with E-state index in [9.17, 15) is 0 Å². The molecular formula is C8H8ClNS. The second-order valence-corrected chi connectivity index (χ2v) is 2.75. The Morgan fingerprint density at radius 2 is 2.45 bits per heavy atom. The first-order valence-corrected chi connectivity index (χ1v) is 4.22. The lowest BCUT2D eigenvalue weighted by atomic mass is 10.2. The standard InChI is InChI=1S/C8H8ClNS/c9-8-6-10-4-3-7(8)2-1-5-11/h1-4,6,11H,5H2. The number of halogens is 1. The van der Waals surface area contributed by atoms with Crippen molar-refractivity contribution in [3.05, 3.63) is 35.1 Å². The van der Waals surface area contributed by atoms with E-state index in [0.29, 0.717) is 5.02 Å². The first-order valence-electron chi connectivity index (χ1n) is 3.21. The van der Waals surface area contributed by atoms with Gasteiger partial charge in [0.1, 0.15) is 0 Å². The van der Waals surface area contributed by atoms with Crippen LogP contribution in [-0.2, 0) is 0 Å². The van der Waals surface area contributed by atoms with Crippen LogP contribution in [0.5, 0.6) is 0 Å². The summed E-state index contributed by atoms with van der Waals surface area (Å²) >= 11 is 9.86. The molecule has 0 bridgehead atoms. The van der Waals surface area contributed by atoms with E-state index in [-0.39, 0.29) is 0 Å². The van der Waals surface area contributed by atoms with Crippen LogP contribution in [0.2, 0.25) is 5.02 Å². The molecule has 0 aromatic carbocycles. The second-order valence-electron chi connectivity index (χ2n) is 1.98. The molecule has 58 valence electrons. The van der Waals surface area contributed by atoms with Gasteiger partial charge in [-0.3, -0.25) is 4.98 Å². The molecule has 0 radical (unpaired) electrons. The van der Waals surface area contributed by atoms with Crippen LogP contribution >= 0.6 is 24.2 Å². The van der Waals surface area contributed by atoms with Gasteiger partial charge < -0.3 is 0 Å². The van der Waals surface area contributed by atoms with E-state index in [0.717, 1.165) is 11.3 Å². The number of hydrogen-bond acceptors (Lipinski definition) is 2. The molecule has 1 heterocycles. The van der Waals surface area contributed by atoms with Gasteiger partial charge in [-0.05, 0) is 11.6 Å². The molecule has 0 aliphatic heterocycles. The first-order chi connectivity index (χ1) is 5.34. The number of pyridine rings is 1. The summed E-state index contributed by atoms with van der Waals surface area (Å²) in [5, 5.41) is 0.672. The van der Waals surface area contributed by atoms with Gasteiger partial charge >= 0.3 is 0 Å². The fourth-order valence-corrected chi connectivity index (χ4v) is 0.989. The quantitative estimate of drug-likeness (QED) is 0.700. The molecule has 0 atom stereocenters. The summed E-state index contributed by atoms with van der Waals surface area (Å²) in [5.41, 5.74) is 0.982. The van der Waals surface area contributed by atoms with Gasteiger partial charge in [-0.2, -0.15) is 12.6 Å². The van der Waals surface area contributed by atoms with Gasteiger partial charge in [0.2, 0.25) is 0 Å². The molecule has 1 aromatic rings. The van der Waals surface area contributed by atoms with E-state index in [1.165, 1.54) is 0 Å². The highest BCUT2D eigenvalue weighted by Gasteiger charge is 1.92. The fraction of sp³-hybridized carbons (Fsp3) is 0.125. The summed E-state index contributed by atoms with van der Waals surface area (Å²) in [7, 11) is 0. The summed E-state index contributed by atoms with van der Waals surface area (Å²) in [6, 6.07) is 1.86. The Morgan fingerprint density at radius 1 is 1.64 bits per heavy atom. The summed E-state index contributed by atoms with van der Waals surface area (Å²) in [6.45, 7) is 0. The van der Waals surface area contributed by atoms with Crippen LogP contribution in [0.4, 0.5) is 0 Å². The average Bonchev–Trinajstić information content (AvgIpc) is 2.03. The molecule has 0 spiro atoms. The number of nitrogens with zero attached hydrogens (tertiary/aromatic N) is 1. The molecule has 0 saturated carbocycles. The minimum absolute atomic E-state index is 0.672. The highest BCUT2D eigenvalue weighted by Crippen LogP contribution is 2.14. The van der Waals surface area contributed by atoms with Gasteiger partial charge in [0.05, 0.1) is 5.02 Å². The van der Waals surface area contributed by atoms with E-state index >= 15 is 0 Å². The molecule has 1 rings (SSSR count). The maximum atomic E-state index is 5.82. The smallest absolute Gasteiger partial charge is 0.0661 e. The lowest BCUT2D eigenvalue weighted by molar-refractivity contribution is 1.32. The number of rotatable bonds is 2. The summed E-state index contributed by atoms with van der Waals surface area (Å²) in [6.07, 6.45) is 7.20. The fourth-order valence-electron chi connectivity index (χ4n) is 0.701. The number of hydrogen-bond donors (Lipinski definition) is 1. The van der Waals surface area contributed by atoms with Gasteiger partial charge in [0, 0.05) is 18.1 Å². The molecule has 0 fully saturated rings. The Bertz CT molecular complexity index is 260. The van der Waals surface area contributed by atoms with Crippen molar-refractivity contribution in [3.8, 4) is 0 Å². The molecule has 0 saturated heterocycles. The van der Waals surface area contributed by atoms with E-state index in [1.54, 1.807) is 12.4 Å². The monoisotopic (exact) mass is 185 g/mol. The predicted octanol–water partition coefficient (Wildman–Crippen LogP) is 2.68. The largest absolute Gasteiger partial charge is 0.263 e. The Morgan fingerprint density at radius 3 is 3.09 bits per heavy atom. The topological polar surface area (TPSA) is 12.9 Å². The molecule has 0 unspecified atom stereocenters. The van der Waals surface area contributed by atoms with E-state index in [1.807, 2.05) is 18.2 Å². The van der Waals surface area contributed by atoms with Crippen molar-refractivity contribution in [1.29, 1.82) is 0 Å². The lowest BCUT2D eigenvalue weighted by Crippen LogP contribution is -1.76. The Balaban J connectivity index is 2.86. The SMILES string of the molecule is SCC=Cc1ccncc1Cl. The summed E-state index contributed by atoms with van der Waals surface area (Å²) < 4.78 is 0. The van der Waals surface area contributed by atoms with Gasteiger partial charge in [-0.1, -0.05) is 23.8 Å². The van der Waals surface area contributed by atoms with Crippen molar-refractivity contribution >= 4 is 30.3 Å². The summed E-state index contributed by atoms with van der Waals surface area (Å²) in [4.78, 5) is 3.87. The van der Waals surface area contributed by atoms with Crippen LogP contribution in [-0.4, -0.2) is 10.7 Å². The highest BCUT2D eigenvalue weighted by molar-refractivity contribution is 7.80. The third-order valence-corrected chi connectivity index (χ3v) is 1.73. The van der Waals surface area contributed by atoms with Crippen molar-refractivity contribution in [1.82, 2.24) is 4.98 Å². The zero-order valence-electron chi connectivity index (χ0n) is 5.87. The van der Waals surface area contributed by atoms with Crippen LogP contribution in [0.3, 0.4) is 0 Å². The van der Waals surface area contributed by atoms with Crippen LogP contribution in [0.1, 0.15) is 5.56 Å². The van der Waals surface area contributed by atoms with Crippen molar-refractivity contribution in [2.24, 2.45) is 0 Å². The van der Waals surface area contributed by atoms with Crippen LogP contribution in [0.15, 0.2) is 24.5 Å². The van der Waals surface area contributed by atoms with E-state index in [4.69, 9.17) is 11.6 Å². The van der Waals surface area contributed by atoms with Gasteiger partial charge in [0.15, 0.2) is 0 Å². The number of thiol groups is 1. The second kappa shape index (κ2) is 4.42. The maximum absolute atomic E-state index is 5.82.